The molecule has 2 aliphatic carbocycles. The number of nitrogens with zero attached hydrogens (tertiary/aromatic N) is 1. The van der Waals surface area contributed by atoms with E-state index in [1.807, 2.05) is 0 Å². The van der Waals surface area contributed by atoms with E-state index < -0.39 is 44.5 Å². The zero-order chi connectivity index (χ0) is 24.4. The first-order valence-electron chi connectivity index (χ1n) is 11.1. The van der Waals surface area contributed by atoms with Gasteiger partial charge < -0.3 is 10.2 Å². The molecule has 1 N–H and O–H groups in total. The fourth-order valence-corrected chi connectivity index (χ4v) is 5.67. The maximum absolute atomic E-state index is 14.1. The van der Waals surface area contributed by atoms with Crippen molar-refractivity contribution >= 4 is 33.3 Å². The Morgan fingerprint density at radius 3 is 2.41 bits per heavy atom. The van der Waals surface area contributed by atoms with Crippen LogP contribution in [0.1, 0.15) is 47.6 Å². The molecule has 5 rings (SSSR count). The van der Waals surface area contributed by atoms with Gasteiger partial charge in [-0.2, -0.15) is 0 Å². The second kappa shape index (κ2) is 8.30. The largest absolute Gasteiger partial charge is 0.347 e. The quantitative estimate of drug-likeness (QED) is 0.600. The SMILES string of the molecule is CS(=O)(=O)c1cccc(C(=O)N2[C@@H](C(=O)NC(c3cc(F)c(Cl)c(F)c3)C3CC3)C[C@H]3C[C@H]32)c1. The molecule has 3 fully saturated rings. The van der Waals surface area contributed by atoms with E-state index >= 15 is 0 Å². The molecule has 0 spiro atoms. The highest BCUT2D eigenvalue weighted by molar-refractivity contribution is 7.90. The van der Waals surface area contributed by atoms with Crippen LogP contribution in [0.15, 0.2) is 41.3 Å². The normalized spacial score (nSPS) is 24.5. The van der Waals surface area contributed by atoms with Crippen LogP contribution in [-0.4, -0.2) is 43.5 Å². The molecule has 2 aromatic rings. The van der Waals surface area contributed by atoms with E-state index in [-0.39, 0.29) is 34.2 Å². The van der Waals surface area contributed by atoms with Crippen LogP contribution in [0.4, 0.5) is 8.78 Å². The number of carbonyl (C=O) groups excluding carboxylic acids is 2. The Kier molecular flexibility index (Phi) is 5.67. The summed E-state index contributed by atoms with van der Waals surface area (Å²) < 4.78 is 52.0. The molecule has 1 saturated heterocycles. The van der Waals surface area contributed by atoms with Gasteiger partial charge in [-0.25, -0.2) is 17.2 Å². The zero-order valence-electron chi connectivity index (χ0n) is 18.3. The summed E-state index contributed by atoms with van der Waals surface area (Å²) in [5.41, 5.74) is 0.506. The minimum atomic E-state index is -3.50. The van der Waals surface area contributed by atoms with Gasteiger partial charge in [0.05, 0.1) is 10.9 Å². The van der Waals surface area contributed by atoms with Crippen LogP contribution >= 0.6 is 11.6 Å². The minimum absolute atomic E-state index is 0.0338. The number of fused-ring (bicyclic) bond motifs is 1. The fraction of sp³-hybridized carbons (Fsp3) is 0.417. The minimum Gasteiger partial charge on any atom is -0.347 e. The van der Waals surface area contributed by atoms with Crippen molar-refractivity contribution in [1.82, 2.24) is 10.2 Å². The van der Waals surface area contributed by atoms with Crippen molar-refractivity contribution < 1.29 is 26.8 Å². The average molecular weight is 509 g/mol. The van der Waals surface area contributed by atoms with Gasteiger partial charge in [-0.3, -0.25) is 9.59 Å². The lowest BCUT2D eigenvalue weighted by Crippen LogP contribution is -2.49. The van der Waals surface area contributed by atoms with Gasteiger partial charge in [-0.15, -0.1) is 0 Å². The highest BCUT2D eigenvalue weighted by Gasteiger charge is 2.56. The number of rotatable bonds is 6. The Bertz CT molecular complexity index is 1270. The van der Waals surface area contributed by atoms with Gasteiger partial charge in [0, 0.05) is 17.9 Å². The number of sulfone groups is 1. The first-order chi connectivity index (χ1) is 16.0. The van der Waals surface area contributed by atoms with Gasteiger partial charge in [0.15, 0.2) is 9.84 Å². The molecule has 1 heterocycles. The Morgan fingerprint density at radius 1 is 1.12 bits per heavy atom. The Balaban J connectivity index is 1.39. The standard InChI is InChI=1S/C24H23ClF2N2O4S/c1-34(32,33)16-4-2-3-13(7-16)24(31)29-19-10-14(19)11-20(29)23(30)28-22(12-5-6-12)15-8-17(26)21(25)18(27)9-15/h2-4,7-9,12,14,19-20,22H,5-6,10-11H2,1H3,(H,28,30)/t14-,19-,20-,22?/m1/s1. The number of benzene rings is 2. The monoisotopic (exact) mass is 508 g/mol. The van der Waals surface area contributed by atoms with E-state index in [9.17, 15) is 26.8 Å². The summed E-state index contributed by atoms with van der Waals surface area (Å²) in [6.45, 7) is 0. The van der Waals surface area contributed by atoms with Gasteiger partial charge in [0.25, 0.3) is 5.91 Å². The van der Waals surface area contributed by atoms with Crippen LogP contribution in [0.25, 0.3) is 0 Å². The molecule has 180 valence electrons. The zero-order valence-corrected chi connectivity index (χ0v) is 19.9. The molecular weight excluding hydrogens is 486 g/mol. The number of likely N-dealkylation sites (tertiary alicyclic amines) is 1. The van der Waals surface area contributed by atoms with Crippen LogP contribution in [0.5, 0.6) is 0 Å². The Hall–Kier alpha value is -2.52. The lowest BCUT2D eigenvalue weighted by Gasteiger charge is -2.29. The van der Waals surface area contributed by atoms with E-state index in [4.69, 9.17) is 11.6 Å². The van der Waals surface area contributed by atoms with Crippen molar-refractivity contribution in [2.75, 3.05) is 6.26 Å². The lowest BCUT2D eigenvalue weighted by atomic mass is 10.0. The van der Waals surface area contributed by atoms with Crippen LogP contribution in [0.3, 0.4) is 0 Å². The number of amides is 2. The topological polar surface area (TPSA) is 83.6 Å². The number of halogens is 3. The molecule has 0 radical (unpaired) electrons. The molecule has 0 aromatic heterocycles. The first kappa shape index (κ1) is 23.2. The number of carbonyl (C=O) groups is 2. The van der Waals surface area contributed by atoms with Crippen molar-refractivity contribution in [3.05, 3.63) is 64.2 Å². The van der Waals surface area contributed by atoms with E-state index in [1.54, 1.807) is 0 Å². The average Bonchev–Trinajstić information content (AvgIpc) is 3.72. The van der Waals surface area contributed by atoms with Crippen LogP contribution in [-0.2, 0) is 14.6 Å². The second-order valence-corrected chi connectivity index (χ2v) is 11.8. The summed E-state index contributed by atoms with van der Waals surface area (Å²) in [5.74, 6) is -2.30. The summed E-state index contributed by atoms with van der Waals surface area (Å²) >= 11 is 5.61. The van der Waals surface area contributed by atoms with Crippen LogP contribution in [0.2, 0.25) is 5.02 Å². The number of piperidine rings is 1. The van der Waals surface area contributed by atoms with Gasteiger partial charge in [-0.1, -0.05) is 17.7 Å². The molecule has 10 heteroatoms. The Morgan fingerprint density at radius 2 is 1.79 bits per heavy atom. The molecule has 2 amide bonds. The lowest BCUT2D eigenvalue weighted by molar-refractivity contribution is -0.126. The predicted octanol–water partition coefficient (Wildman–Crippen LogP) is 3.89. The summed E-state index contributed by atoms with van der Waals surface area (Å²) in [7, 11) is -3.50. The van der Waals surface area contributed by atoms with Crippen LogP contribution in [0, 0.1) is 23.5 Å². The molecule has 34 heavy (non-hydrogen) atoms. The molecule has 0 bridgehead atoms. The first-order valence-corrected chi connectivity index (χ1v) is 13.4. The molecule has 2 aromatic carbocycles. The third-order valence-corrected chi connectivity index (χ3v) is 8.38. The number of nitrogens with one attached hydrogen (secondary N) is 1. The van der Waals surface area contributed by atoms with Crippen molar-refractivity contribution in [2.24, 2.45) is 11.8 Å². The molecule has 1 unspecified atom stereocenters. The van der Waals surface area contributed by atoms with Gasteiger partial charge in [0.1, 0.15) is 22.7 Å². The molecule has 2 saturated carbocycles. The summed E-state index contributed by atoms with van der Waals surface area (Å²) in [6.07, 6.45) is 3.98. The molecule has 6 nitrogen and oxygen atoms in total. The number of hydrogen-bond acceptors (Lipinski definition) is 4. The van der Waals surface area contributed by atoms with E-state index in [0.29, 0.717) is 12.0 Å². The van der Waals surface area contributed by atoms with E-state index in [2.05, 4.69) is 5.32 Å². The van der Waals surface area contributed by atoms with Crippen LogP contribution < -0.4 is 5.32 Å². The maximum Gasteiger partial charge on any atom is 0.254 e. The van der Waals surface area contributed by atoms with E-state index in [1.165, 1.54) is 29.2 Å². The van der Waals surface area contributed by atoms with Gasteiger partial charge >= 0.3 is 0 Å². The molecule has 4 atom stereocenters. The highest BCUT2D eigenvalue weighted by Crippen LogP contribution is 2.49. The maximum atomic E-state index is 14.1. The summed E-state index contributed by atoms with van der Waals surface area (Å²) in [5, 5.41) is 2.33. The third kappa shape index (κ3) is 4.31. The number of hydrogen-bond donors (Lipinski definition) is 1. The Labute approximate surface area is 201 Å². The fourth-order valence-electron chi connectivity index (χ4n) is 4.90. The molecular formula is C24H23ClF2N2O4S. The van der Waals surface area contributed by atoms with Crippen molar-refractivity contribution in [3.8, 4) is 0 Å². The van der Waals surface area contributed by atoms with E-state index in [0.717, 1.165) is 37.7 Å². The smallest absolute Gasteiger partial charge is 0.254 e. The van der Waals surface area contributed by atoms with Gasteiger partial charge in [-0.05, 0) is 73.4 Å². The molecule has 3 aliphatic rings. The van der Waals surface area contributed by atoms with Crippen molar-refractivity contribution in [1.29, 1.82) is 0 Å². The summed E-state index contributed by atoms with van der Waals surface area (Å²) in [4.78, 5) is 28.2. The predicted molar refractivity (Wildman–Crippen MR) is 121 cm³/mol. The van der Waals surface area contributed by atoms with Gasteiger partial charge in [0.2, 0.25) is 5.91 Å². The summed E-state index contributed by atoms with van der Waals surface area (Å²) in [6, 6.07) is 6.67. The third-order valence-electron chi connectivity index (χ3n) is 6.91. The molecule has 1 aliphatic heterocycles. The second-order valence-electron chi connectivity index (χ2n) is 9.45. The highest BCUT2D eigenvalue weighted by atomic mass is 35.5. The van der Waals surface area contributed by atoms with Crippen molar-refractivity contribution in [2.45, 2.75) is 48.7 Å². The van der Waals surface area contributed by atoms with Crippen molar-refractivity contribution in [3.63, 3.8) is 0 Å².